The van der Waals surface area contributed by atoms with E-state index in [1.807, 2.05) is 0 Å². The summed E-state index contributed by atoms with van der Waals surface area (Å²) in [5, 5.41) is 19.3. The number of hydrogen-bond donors (Lipinski definition) is 2. The van der Waals surface area contributed by atoms with Crippen LogP contribution in [0.1, 0.15) is 16.6 Å². The third-order valence-electron chi connectivity index (χ3n) is 1.87. The van der Waals surface area contributed by atoms with Crippen molar-refractivity contribution in [2.24, 2.45) is 0 Å². The maximum absolute atomic E-state index is 11.0. The molecule has 1 heterocycles. The number of thiazole rings is 1. The van der Waals surface area contributed by atoms with E-state index in [1.54, 1.807) is 0 Å². The zero-order valence-electron chi connectivity index (χ0n) is 8.84. The molecular weight excluding hydrogens is 214 g/mol. The normalized spacial score (nSPS) is 9.93. The Balaban J connectivity index is 2.97. The molecule has 1 aromatic heterocycles. The van der Waals surface area contributed by atoms with Crippen LogP contribution in [0.5, 0.6) is 0 Å². The number of ketones is 1. The second-order valence-corrected chi connectivity index (χ2v) is 4.24. The van der Waals surface area contributed by atoms with E-state index >= 15 is 0 Å². The molecule has 1 aromatic rings. The molecule has 0 fully saturated rings. The fraction of sp³-hybridized carbons (Fsp3) is 0.429. The molecule has 0 radical (unpaired) electrons. The Hall–Kier alpha value is -0.850. The van der Waals surface area contributed by atoms with E-state index in [0.717, 1.165) is 11.3 Å². The van der Waals surface area contributed by atoms with Crippen molar-refractivity contribution in [3.63, 3.8) is 0 Å². The van der Waals surface area contributed by atoms with Crippen LogP contribution in [0.3, 0.4) is 0 Å². The van der Waals surface area contributed by atoms with Crippen LogP contribution >= 0.6 is 11.3 Å². The number of rotatable bonds is 4. The van der Waals surface area contributed by atoms with E-state index in [4.69, 9.17) is 0 Å². The van der Waals surface area contributed by atoms with Crippen molar-refractivity contribution in [1.82, 2.24) is 4.98 Å². The lowest BCUT2D eigenvalue weighted by Crippen LogP contribution is -2.47. The van der Waals surface area contributed by atoms with E-state index in [9.17, 15) is 14.8 Å². The highest BCUT2D eigenvalue weighted by molar-refractivity contribution is 7.18. The average Bonchev–Trinajstić information content (AvgIpc) is 2.51. The molecule has 0 amide bonds. The summed E-state index contributed by atoms with van der Waals surface area (Å²) in [6.45, 7) is 4.51. The summed E-state index contributed by atoms with van der Waals surface area (Å²) in [6.07, 6.45) is 1.44. The molecule has 0 atom stereocenters. The topological polar surface area (TPSA) is 73.7 Å². The molecular formula is C7H12B2N2O3S. The summed E-state index contributed by atoms with van der Waals surface area (Å²) in [5.74, 6) is -0.0742. The van der Waals surface area contributed by atoms with Gasteiger partial charge in [0, 0.05) is 6.92 Å². The van der Waals surface area contributed by atoms with Crippen molar-refractivity contribution in [3.8, 4) is 0 Å². The molecule has 0 bridgehead atoms. The molecule has 0 spiro atoms. The highest BCUT2D eigenvalue weighted by Crippen LogP contribution is 2.23. The van der Waals surface area contributed by atoms with E-state index in [1.165, 1.54) is 31.5 Å². The lowest BCUT2D eigenvalue weighted by molar-refractivity contribution is 0.102. The lowest BCUT2D eigenvalue weighted by atomic mass is 9.70. The second-order valence-electron chi connectivity index (χ2n) is 3.23. The Morgan fingerprint density at radius 1 is 1.47 bits per heavy atom. The van der Waals surface area contributed by atoms with Crippen LogP contribution in [0.2, 0.25) is 13.6 Å². The largest absolute Gasteiger partial charge is 0.433 e. The monoisotopic (exact) mass is 226 g/mol. The molecule has 0 aliphatic carbocycles. The molecule has 0 saturated heterocycles. The van der Waals surface area contributed by atoms with Crippen LogP contribution in [0.25, 0.3) is 0 Å². The van der Waals surface area contributed by atoms with Gasteiger partial charge in [-0.05, 0) is 13.6 Å². The number of hydrogen-bond acceptors (Lipinski definition) is 6. The van der Waals surface area contributed by atoms with E-state index in [2.05, 4.69) is 4.98 Å². The molecule has 5 nitrogen and oxygen atoms in total. The second kappa shape index (κ2) is 4.78. The maximum Gasteiger partial charge on any atom is 0.400 e. The van der Waals surface area contributed by atoms with Crippen LogP contribution in [-0.4, -0.2) is 34.9 Å². The van der Waals surface area contributed by atoms with Gasteiger partial charge in [0.2, 0.25) is 0 Å². The lowest BCUT2D eigenvalue weighted by Gasteiger charge is -2.23. The molecule has 80 valence electrons. The highest BCUT2D eigenvalue weighted by atomic mass is 32.1. The number of aromatic nitrogens is 1. The average molecular weight is 226 g/mol. The van der Waals surface area contributed by atoms with Gasteiger partial charge in [-0.2, -0.15) is 0 Å². The summed E-state index contributed by atoms with van der Waals surface area (Å²) in [5.41, 5.74) is 0. The molecule has 15 heavy (non-hydrogen) atoms. The fourth-order valence-corrected chi connectivity index (χ4v) is 2.14. The van der Waals surface area contributed by atoms with E-state index < -0.39 is 14.1 Å². The summed E-state index contributed by atoms with van der Waals surface area (Å²) in [4.78, 5) is 15.5. The number of carbonyl (C=O) groups is 1. The molecule has 8 heteroatoms. The summed E-state index contributed by atoms with van der Waals surface area (Å²) >= 11 is 1.15. The van der Waals surface area contributed by atoms with Gasteiger partial charge in [0.1, 0.15) is 0 Å². The van der Waals surface area contributed by atoms with Crippen molar-refractivity contribution in [3.05, 3.63) is 11.1 Å². The first kappa shape index (κ1) is 12.2. The predicted octanol–water partition coefficient (Wildman–Crippen LogP) is 0.373. The Bertz CT molecular complexity index is 348. The van der Waals surface area contributed by atoms with Gasteiger partial charge in [-0.25, -0.2) is 4.98 Å². The molecule has 1 rings (SSSR count). The first-order valence-electron chi connectivity index (χ1n) is 4.54. The van der Waals surface area contributed by atoms with E-state index in [-0.39, 0.29) is 5.78 Å². The Kier molecular flexibility index (Phi) is 3.90. The van der Waals surface area contributed by atoms with Gasteiger partial charge in [0.05, 0.1) is 11.1 Å². The van der Waals surface area contributed by atoms with Crippen molar-refractivity contribution in [2.45, 2.75) is 20.6 Å². The summed E-state index contributed by atoms with van der Waals surface area (Å²) in [7, 11) is -1.70. The molecule has 0 unspecified atom stereocenters. The van der Waals surface area contributed by atoms with Crippen LogP contribution < -0.4 is 4.72 Å². The zero-order chi connectivity index (χ0) is 11.6. The standard InChI is InChI=1S/C7H12B2N2O3S/c1-5(12)6-4-10-7(15-6)11(8(2)13)9(3)14/h4,13-14H,1-3H3. The van der Waals surface area contributed by atoms with Gasteiger partial charge in [0.25, 0.3) is 0 Å². The summed E-state index contributed by atoms with van der Waals surface area (Å²) < 4.78 is 1.33. The number of nitrogens with zero attached hydrogens (tertiary/aromatic N) is 2. The van der Waals surface area contributed by atoms with Crippen molar-refractivity contribution >= 4 is 36.4 Å². The Morgan fingerprint density at radius 3 is 2.33 bits per heavy atom. The SMILES string of the molecule is CB(O)N(B(C)O)c1ncc(C(C)=O)s1. The third-order valence-corrected chi connectivity index (χ3v) is 2.98. The van der Waals surface area contributed by atoms with Crippen molar-refractivity contribution in [2.75, 3.05) is 4.72 Å². The molecule has 0 aliphatic heterocycles. The smallest absolute Gasteiger partial charge is 0.400 e. The predicted molar refractivity (Wildman–Crippen MR) is 62.3 cm³/mol. The van der Waals surface area contributed by atoms with Gasteiger partial charge in [-0.3, -0.25) is 4.79 Å². The van der Waals surface area contributed by atoms with Gasteiger partial charge in [-0.15, -0.1) is 0 Å². The molecule has 0 aliphatic rings. The van der Waals surface area contributed by atoms with Crippen molar-refractivity contribution < 1.29 is 14.8 Å². The minimum absolute atomic E-state index is 0.0742. The van der Waals surface area contributed by atoms with Crippen LogP contribution in [-0.2, 0) is 0 Å². The van der Waals surface area contributed by atoms with Gasteiger partial charge >= 0.3 is 14.1 Å². The highest BCUT2D eigenvalue weighted by Gasteiger charge is 2.27. The van der Waals surface area contributed by atoms with E-state index in [0.29, 0.717) is 10.0 Å². The van der Waals surface area contributed by atoms with Gasteiger partial charge < -0.3 is 14.8 Å². The molecule has 0 aromatic carbocycles. The van der Waals surface area contributed by atoms with Gasteiger partial charge in [0.15, 0.2) is 10.9 Å². The number of Topliss-reactive ketones (excluding diaryl/α,β-unsaturated/α-hetero) is 1. The first-order valence-corrected chi connectivity index (χ1v) is 5.36. The number of anilines is 1. The van der Waals surface area contributed by atoms with Crippen LogP contribution in [0, 0.1) is 0 Å². The number of carbonyl (C=O) groups excluding carboxylic acids is 1. The minimum atomic E-state index is -0.851. The molecule has 0 saturated carbocycles. The zero-order valence-corrected chi connectivity index (χ0v) is 9.65. The fourth-order valence-electron chi connectivity index (χ4n) is 1.18. The van der Waals surface area contributed by atoms with Gasteiger partial charge in [-0.1, -0.05) is 11.3 Å². The quantitative estimate of drug-likeness (QED) is 0.573. The van der Waals surface area contributed by atoms with Crippen LogP contribution in [0.15, 0.2) is 6.20 Å². The summed E-state index contributed by atoms with van der Waals surface area (Å²) in [6, 6.07) is 0. The van der Waals surface area contributed by atoms with Crippen molar-refractivity contribution in [1.29, 1.82) is 0 Å². The maximum atomic E-state index is 11.0. The Morgan fingerprint density at radius 2 is 2.00 bits per heavy atom. The Labute approximate surface area is 93.0 Å². The minimum Gasteiger partial charge on any atom is -0.433 e. The van der Waals surface area contributed by atoms with Crippen LogP contribution in [0.4, 0.5) is 5.13 Å². The first-order chi connectivity index (χ1) is 6.93. The molecule has 2 N–H and O–H groups in total. The third kappa shape index (κ3) is 2.80.